The number of carbonyl (C=O) groups is 2. The van der Waals surface area contributed by atoms with Crippen molar-refractivity contribution >= 4 is 29.2 Å². The van der Waals surface area contributed by atoms with Gasteiger partial charge in [0.2, 0.25) is 0 Å². The highest BCUT2D eigenvalue weighted by molar-refractivity contribution is 6.32. The lowest BCUT2D eigenvalue weighted by Crippen LogP contribution is -2.14. The summed E-state index contributed by atoms with van der Waals surface area (Å²) in [6.45, 7) is -0.482. The number of carboxylic acid groups (broad SMARTS) is 1. The lowest BCUT2D eigenvalue weighted by molar-refractivity contribution is -0.139. The molecule has 1 aromatic heterocycles. The number of benzene rings is 1. The van der Waals surface area contributed by atoms with Crippen molar-refractivity contribution in [3.63, 3.8) is 0 Å². The zero-order chi connectivity index (χ0) is 17.8. The largest absolute Gasteiger partial charge is 0.480 e. The predicted molar refractivity (Wildman–Crippen MR) is 92.3 cm³/mol. The number of nitrogens with one attached hydrogen (secondary N) is 1. The van der Waals surface area contributed by atoms with Crippen molar-refractivity contribution in [1.82, 2.24) is 9.78 Å². The Balaban J connectivity index is 1.64. The Morgan fingerprint density at radius 2 is 2.08 bits per heavy atom. The Labute approximate surface area is 149 Å². The van der Waals surface area contributed by atoms with Gasteiger partial charge in [-0.25, -0.2) is 4.79 Å². The molecule has 8 heteroatoms. The van der Waals surface area contributed by atoms with E-state index >= 15 is 0 Å². The summed E-state index contributed by atoms with van der Waals surface area (Å²) < 4.78 is 6.90. The molecule has 3 rings (SSSR count). The lowest BCUT2D eigenvalue weighted by Gasteiger charge is -2.09. The summed E-state index contributed by atoms with van der Waals surface area (Å²) in [5.41, 5.74) is 0.822. The van der Waals surface area contributed by atoms with Crippen LogP contribution in [-0.2, 0) is 4.79 Å². The molecule has 0 bridgehead atoms. The van der Waals surface area contributed by atoms with Crippen LogP contribution in [0.5, 0.6) is 5.75 Å². The molecule has 25 heavy (non-hydrogen) atoms. The summed E-state index contributed by atoms with van der Waals surface area (Å²) in [6, 6.07) is 6.68. The number of hydrogen-bond donors (Lipinski definition) is 2. The Hall–Kier alpha value is -2.54. The smallest absolute Gasteiger partial charge is 0.341 e. The molecule has 1 saturated carbocycles. The minimum Gasteiger partial charge on any atom is -0.480 e. The van der Waals surface area contributed by atoms with Crippen molar-refractivity contribution in [3.8, 4) is 5.75 Å². The van der Waals surface area contributed by atoms with Gasteiger partial charge in [0, 0.05) is 11.9 Å². The van der Waals surface area contributed by atoms with Crippen LogP contribution in [0.3, 0.4) is 0 Å². The average Bonchev–Trinajstić information content (AvgIpc) is 3.25. The van der Waals surface area contributed by atoms with E-state index in [1.165, 1.54) is 25.0 Å². The number of nitrogens with zero attached hydrogens (tertiary/aromatic N) is 2. The van der Waals surface area contributed by atoms with Gasteiger partial charge in [-0.3, -0.25) is 9.48 Å². The highest BCUT2D eigenvalue weighted by Crippen LogP contribution is 2.29. The molecule has 1 amide bonds. The highest BCUT2D eigenvalue weighted by Gasteiger charge is 2.19. The highest BCUT2D eigenvalue weighted by atomic mass is 35.5. The van der Waals surface area contributed by atoms with E-state index in [0.717, 1.165) is 12.8 Å². The number of carbonyl (C=O) groups excluding carboxylic acids is 1. The number of rotatable bonds is 6. The number of carboxylic acids is 1. The van der Waals surface area contributed by atoms with Crippen molar-refractivity contribution in [2.75, 3.05) is 11.9 Å². The fourth-order valence-corrected chi connectivity index (χ4v) is 3.10. The van der Waals surface area contributed by atoms with E-state index in [9.17, 15) is 9.59 Å². The number of hydrogen-bond acceptors (Lipinski definition) is 4. The van der Waals surface area contributed by atoms with Gasteiger partial charge in [0.1, 0.15) is 5.75 Å². The molecule has 1 aliphatic rings. The normalized spacial score (nSPS) is 14.4. The summed E-state index contributed by atoms with van der Waals surface area (Å²) in [5, 5.41) is 15.9. The van der Waals surface area contributed by atoms with Crippen LogP contribution in [0.2, 0.25) is 5.02 Å². The maximum absolute atomic E-state index is 12.3. The minimum absolute atomic E-state index is 0.218. The first-order chi connectivity index (χ1) is 12.0. The number of amides is 1. The van der Waals surface area contributed by atoms with E-state index < -0.39 is 12.6 Å². The zero-order valence-corrected chi connectivity index (χ0v) is 14.2. The van der Waals surface area contributed by atoms with E-state index in [-0.39, 0.29) is 16.7 Å². The summed E-state index contributed by atoms with van der Waals surface area (Å²) in [6.07, 6.45) is 6.41. The molecule has 1 fully saturated rings. The summed E-state index contributed by atoms with van der Waals surface area (Å²) in [5.74, 6) is -1.18. The van der Waals surface area contributed by atoms with E-state index in [0.29, 0.717) is 17.4 Å². The van der Waals surface area contributed by atoms with Gasteiger partial charge in [0.05, 0.1) is 11.1 Å². The first-order valence-corrected chi connectivity index (χ1v) is 8.41. The zero-order valence-electron chi connectivity index (χ0n) is 13.4. The number of ether oxygens (including phenoxy) is 1. The van der Waals surface area contributed by atoms with Crippen LogP contribution in [-0.4, -0.2) is 33.4 Å². The number of halogens is 1. The maximum atomic E-state index is 12.3. The Morgan fingerprint density at radius 1 is 1.32 bits per heavy atom. The Bertz CT molecular complexity index is 784. The van der Waals surface area contributed by atoms with Crippen LogP contribution < -0.4 is 10.1 Å². The summed E-state index contributed by atoms with van der Waals surface area (Å²) >= 11 is 6.04. The lowest BCUT2D eigenvalue weighted by atomic mass is 10.3. The van der Waals surface area contributed by atoms with E-state index in [4.69, 9.17) is 21.4 Å². The molecule has 0 spiro atoms. The van der Waals surface area contributed by atoms with E-state index in [2.05, 4.69) is 10.4 Å². The first kappa shape index (κ1) is 17.3. The monoisotopic (exact) mass is 363 g/mol. The molecule has 0 unspecified atom stereocenters. The molecule has 1 heterocycles. The predicted octanol–water partition coefficient (Wildman–Crippen LogP) is 3.37. The summed E-state index contributed by atoms with van der Waals surface area (Å²) in [7, 11) is 0. The molecule has 132 valence electrons. The molecule has 7 nitrogen and oxygen atoms in total. The second-order valence-electron chi connectivity index (χ2n) is 5.90. The SMILES string of the molecule is O=C(O)COc1ccc(NC(=O)c2ccn(C3CCCC3)n2)cc1Cl. The first-order valence-electron chi connectivity index (χ1n) is 8.03. The van der Waals surface area contributed by atoms with Crippen LogP contribution in [0.1, 0.15) is 42.2 Å². The fraction of sp³-hybridized carbons (Fsp3) is 0.353. The van der Waals surface area contributed by atoms with Crippen molar-refractivity contribution in [2.24, 2.45) is 0 Å². The van der Waals surface area contributed by atoms with Crippen molar-refractivity contribution < 1.29 is 19.4 Å². The van der Waals surface area contributed by atoms with Gasteiger partial charge in [-0.1, -0.05) is 24.4 Å². The quantitative estimate of drug-likeness (QED) is 0.820. The number of anilines is 1. The van der Waals surface area contributed by atoms with Gasteiger partial charge in [-0.05, 0) is 37.1 Å². The molecular formula is C17H18ClN3O4. The van der Waals surface area contributed by atoms with Gasteiger partial charge < -0.3 is 15.2 Å². The third kappa shape index (κ3) is 4.30. The second kappa shape index (κ2) is 7.57. The van der Waals surface area contributed by atoms with Gasteiger partial charge in [-0.2, -0.15) is 5.10 Å². The van der Waals surface area contributed by atoms with Crippen LogP contribution in [0.25, 0.3) is 0 Å². The Kier molecular flexibility index (Phi) is 5.23. The minimum atomic E-state index is -1.09. The topological polar surface area (TPSA) is 93.5 Å². The van der Waals surface area contributed by atoms with Crippen molar-refractivity contribution in [3.05, 3.63) is 41.2 Å². The van der Waals surface area contributed by atoms with Gasteiger partial charge in [-0.15, -0.1) is 0 Å². The number of aliphatic carboxylic acids is 1. The van der Waals surface area contributed by atoms with Gasteiger partial charge in [0.15, 0.2) is 12.3 Å². The maximum Gasteiger partial charge on any atom is 0.341 e. The molecule has 2 N–H and O–H groups in total. The standard InChI is InChI=1S/C17H18ClN3O4/c18-13-9-11(5-6-15(13)25-10-16(22)23)19-17(24)14-7-8-21(20-14)12-3-1-2-4-12/h5-9,12H,1-4,10H2,(H,19,24)(H,22,23). The second-order valence-corrected chi connectivity index (χ2v) is 6.31. The van der Waals surface area contributed by atoms with Gasteiger partial charge >= 0.3 is 5.97 Å². The number of aromatic nitrogens is 2. The van der Waals surface area contributed by atoms with E-state index in [1.807, 2.05) is 10.9 Å². The van der Waals surface area contributed by atoms with Crippen molar-refractivity contribution in [1.29, 1.82) is 0 Å². The third-order valence-electron chi connectivity index (χ3n) is 4.08. The Morgan fingerprint density at radius 3 is 2.76 bits per heavy atom. The summed E-state index contributed by atoms with van der Waals surface area (Å²) in [4.78, 5) is 22.8. The molecule has 1 aliphatic carbocycles. The molecule has 0 saturated heterocycles. The molecular weight excluding hydrogens is 346 g/mol. The van der Waals surface area contributed by atoms with E-state index in [1.54, 1.807) is 12.1 Å². The van der Waals surface area contributed by atoms with Crippen molar-refractivity contribution in [2.45, 2.75) is 31.7 Å². The molecule has 1 aromatic carbocycles. The molecule has 0 aliphatic heterocycles. The van der Waals surface area contributed by atoms with Gasteiger partial charge in [0.25, 0.3) is 5.91 Å². The van der Waals surface area contributed by atoms with Crippen LogP contribution in [0.15, 0.2) is 30.5 Å². The van der Waals surface area contributed by atoms with Crippen LogP contribution >= 0.6 is 11.6 Å². The van der Waals surface area contributed by atoms with Crippen LogP contribution in [0, 0.1) is 0 Å². The van der Waals surface area contributed by atoms with Crippen LogP contribution in [0.4, 0.5) is 5.69 Å². The molecule has 0 radical (unpaired) electrons. The molecule has 0 atom stereocenters. The molecule has 2 aromatic rings. The fourth-order valence-electron chi connectivity index (χ4n) is 2.86. The average molecular weight is 364 g/mol. The third-order valence-corrected chi connectivity index (χ3v) is 4.38.